The predicted octanol–water partition coefficient (Wildman–Crippen LogP) is 2.03. The summed E-state index contributed by atoms with van der Waals surface area (Å²) in [6, 6.07) is 5.22. The van der Waals surface area contributed by atoms with E-state index in [2.05, 4.69) is 20.6 Å². The number of hydrogen-bond donors (Lipinski definition) is 3. The van der Waals surface area contributed by atoms with E-state index < -0.39 is 4.92 Å². The second kappa shape index (κ2) is 5.46. The number of hydrogen-bond acceptors (Lipinski definition) is 5. The minimum absolute atomic E-state index is 0.0721. The summed E-state index contributed by atoms with van der Waals surface area (Å²) in [7, 11) is 0. The highest BCUT2D eigenvalue weighted by molar-refractivity contribution is 5.79. The van der Waals surface area contributed by atoms with Gasteiger partial charge in [-0.3, -0.25) is 10.1 Å². The number of fused-ring (bicyclic) bond motifs is 1. The Morgan fingerprint density at radius 2 is 2.40 bits per heavy atom. The normalized spacial score (nSPS) is 18.5. The molecule has 0 bridgehead atoms. The van der Waals surface area contributed by atoms with Crippen LogP contribution < -0.4 is 10.6 Å². The summed E-state index contributed by atoms with van der Waals surface area (Å²) in [6.45, 7) is 1.94. The van der Waals surface area contributed by atoms with Crippen LogP contribution in [0.3, 0.4) is 0 Å². The molecule has 1 atom stereocenters. The van der Waals surface area contributed by atoms with Crippen molar-refractivity contribution in [3.63, 3.8) is 0 Å². The van der Waals surface area contributed by atoms with Crippen molar-refractivity contribution in [1.29, 1.82) is 0 Å². The number of nitro groups is 1. The number of nitrogens with one attached hydrogen (secondary N) is 3. The Bertz CT molecular complexity index is 618. The van der Waals surface area contributed by atoms with Crippen molar-refractivity contribution in [2.24, 2.45) is 0 Å². The van der Waals surface area contributed by atoms with Gasteiger partial charge in [0.25, 0.3) is 5.69 Å². The van der Waals surface area contributed by atoms with E-state index in [4.69, 9.17) is 0 Å². The van der Waals surface area contributed by atoms with Crippen LogP contribution in [0.25, 0.3) is 11.0 Å². The fourth-order valence-corrected chi connectivity index (χ4v) is 2.56. The SMILES string of the molecule is O=[N+]([O-])c1ccc2nc(NCC[C@H]3CCCN3)[nH]c2c1. The zero-order valence-electron chi connectivity index (χ0n) is 11.1. The monoisotopic (exact) mass is 275 g/mol. The maximum atomic E-state index is 10.7. The lowest BCUT2D eigenvalue weighted by molar-refractivity contribution is -0.384. The van der Waals surface area contributed by atoms with E-state index in [9.17, 15) is 10.1 Å². The molecule has 1 aliphatic rings. The first-order chi connectivity index (χ1) is 9.72. The summed E-state index contributed by atoms with van der Waals surface area (Å²) in [6.07, 6.45) is 3.53. The first kappa shape index (κ1) is 12.9. The Morgan fingerprint density at radius 3 is 3.15 bits per heavy atom. The summed E-state index contributed by atoms with van der Waals surface area (Å²) >= 11 is 0. The van der Waals surface area contributed by atoms with Crippen molar-refractivity contribution >= 4 is 22.7 Å². The lowest BCUT2D eigenvalue weighted by Gasteiger charge is -2.09. The van der Waals surface area contributed by atoms with Gasteiger partial charge in [-0.05, 0) is 31.9 Å². The maximum absolute atomic E-state index is 10.7. The number of H-pyrrole nitrogens is 1. The number of aromatic amines is 1. The summed E-state index contributed by atoms with van der Waals surface area (Å²) in [4.78, 5) is 17.8. The van der Waals surface area contributed by atoms with Crippen LogP contribution in [0.2, 0.25) is 0 Å². The van der Waals surface area contributed by atoms with Gasteiger partial charge < -0.3 is 15.6 Å². The molecule has 1 saturated heterocycles. The number of anilines is 1. The highest BCUT2D eigenvalue weighted by atomic mass is 16.6. The van der Waals surface area contributed by atoms with Crippen molar-refractivity contribution < 1.29 is 4.92 Å². The van der Waals surface area contributed by atoms with Gasteiger partial charge in [0.2, 0.25) is 5.95 Å². The fraction of sp³-hybridized carbons (Fsp3) is 0.462. The fourth-order valence-electron chi connectivity index (χ4n) is 2.56. The molecule has 0 saturated carbocycles. The van der Waals surface area contributed by atoms with Crippen LogP contribution >= 0.6 is 0 Å². The molecule has 1 aliphatic heterocycles. The van der Waals surface area contributed by atoms with Crippen molar-refractivity contribution in [3.8, 4) is 0 Å². The molecule has 0 unspecified atom stereocenters. The van der Waals surface area contributed by atoms with Crippen molar-refractivity contribution in [1.82, 2.24) is 15.3 Å². The molecule has 0 radical (unpaired) electrons. The first-order valence-corrected chi connectivity index (χ1v) is 6.84. The van der Waals surface area contributed by atoms with Gasteiger partial charge in [0.1, 0.15) is 0 Å². The molecule has 3 N–H and O–H groups in total. The zero-order valence-corrected chi connectivity index (χ0v) is 11.1. The quantitative estimate of drug-likeness (QED) is 0.573. The van der Waals surface area contributed by atoms with E-state index in [1.807, 2.05) is 0 Å². The molecule has 1 aromatic heterocycles. The molecular weight excluding hydrogens is 258 g/mol. The van der Waals surface area contributed by atoms with Crippen LogP contribution in [0.15, 0.2) is 18.2 Å². The molecule has 20 heavy (non-hydrogen) atoms. The molecule has 7 nitrogen and oxygen atoms in total. The Hall–Kier alpha value is -2.15. The van der Waals surface area contributed by atoms with E-state index in [0.717, 1.165) is 25.0 Å². The molecule has 0 aliphatic carbocycles. The third-order valence-corrected chi connectivity index (χ3v) is 3.62. The van der Waals surface area contributed by atoms with Gasteiger partial charge in [-0.1, -0.05) is 0 Å². The van der Waals surface area contributed by atoms with Crippen LogP contribution in [-0.4, -0.2) is 34.0 Å². The average Bonchev–Trinajstić information content (AvgIpc) is 3.06. The number of rotatable bonds is 5. The van der Waals surface area contributed by atoms with Crippen molar-refractivity contribution in [2.75, 3.05) is 18.4 Å². The van der Waals surface area contributed by atoms with E-state index in [-0.39, 0.29) is 5.69 Å². The summed E-state index contributed by atoms with van der Waals surface area (Å²) in [5.74, 6) is 0.665. The summed E-state index contributed by atoms with van der Waals surface area (Å²) in [5, 5.41) is 17.4. The van der Waals surface area contributed by atoms with Crippen molar-refractivity contribution in [2.45, 2.75) is 25.3 Å². The van der Waals surface area contributed by atoms with Gasteiger partial charge in [-0.2, -0.15) is 0 Å². The van der Waals surface area contributed by atoms with E-state index >= 15 is 0 Å². The number of non-ortho nitro benzene ring substituents is 1. The number of benzene rings is 1. The smallest absolute Gasteiger partial charge is 0.271 e. The van der Waals surface area contributed by atoms with E-state index in [0.29, 0.717) is 17.5 Å². The Kier molecular flexibility index (Phi) is 3.51. The largest absolute Gasteiger partial charge is 0.356 e. The number of aromatic nitrogens is 2. The van der Waals surface area contributed by atoms with Crippen LogP contribution in [0, 0.1) is 10.1 Å². The zero-order chi connectivity index (χ0) is 13.9. The molecule has 7 heteroatoms. The Balaban J connectivity index is 1.64. The van der Waals surface area contributed by atoms with Gasteiger partial charge in [-0.15, -0.1) is 0 Å². The first-order valence-electron chi connectivity index (χ1n) is 6.84. The molecule has 106 valence electrons. The van der Waals surface area contributed by atoms with Gasteiger partial charge in [0.15, 0.2) is 0 Å². The molecular formula is C13H17N5O2. The third-order valence-electron chi connectivity index (χ3n) is 3.62. The molecule has 2 aromatic rings. The van der Waals surface area contributed by atoms with E-state index in [1.165, 1.54) is 25.0 Å². The minimum atomic E-state index is -0.404. The van der Waals surface area contributed by atoms with Crippen LogP contribution in [-0.2, 0) is 0 Å². The summed E-state index contributed by atoms with van der Waals surface area (Å²) < 4.78 is 0. The number of nitro benzene ring substituents is 1. The highest BCUT2D eigenvalue weighted by Gasteiger charge is 2.13. The molecule has 1 fully saturated rings. The van der Waals surface area contributed by atoms with Gasteiger partial charge >= 0.3 is 0 Å². The van der Waals surface area contributed by atoms with Gasteiger partial charge in [-0.25, -0.2) is 4.98 Å². The highest BCUT2D eigenvalue weighted by Crippen LogP contribution is 2.20. The molecule has 0 spiro atoms. The second-order valence-corrected chi connectivity index (χ2v) is 5.05. The van der Waals surface area contributed by atoms with Crippen LogP contribution in [0.5, 0.6) is 0 Å². The number of nitrogens with zero attached hydrogens (tertiary/aromatic N) is 2. The molecule has 3 rings (SSSR count). The van der Waals surface area contributed by atoms with Gasteiger partial charge in [0.05, 0.1) is 16.0 Å². The molecule has 2 heterocycles. The lowest BCUT2D eigenvalue weighted by atomic mass is 10.2. The Labute approximate surface area is 115 Å². The van der Waals surface area contributed by atoms with Crippen LogP contribution in [0.4, 0.5) is 11.6 Å². The topological polar surface area (TPSA) is 95.9 Å². The number of imidazole rings is 1. The van der Waals surface area contributed by atoms with Crippen molar-refractivity contribution in [3.05, 3.63) is 28.3 Å². The van der Waals surface area contributed by atoms with Gasteiger partial charge in [0, 0.05) is 24.7 Å². The van der Waals surface area contributed by atoms with E-state index in [1.54, 1.807) is 6.07 Å². The average molecular weight is 275 g/mol. The third kappa shape index (κ3) is 2.72. The molecule has 1 aromatic carbocycles. The standard InChI is InChI=1S/C13H17N5O2/c19-18(20)10-3-4-11-12(8-10)17-13(16-11)15-7-5-9-2-1-6-14-9/h3-4,8-9,14H,1-2,5-7H2,(H2,15,16,17)/t9-/m1/s1. The lowest BCUT2D eigenvalue weighted by Crippen LogP contribution is -2.24. The van der Waals surface area contributed by atoms with Crippen LogP contribution in [0.1, 0.15) is 19.3 Å². The summed E-state index contributed by atoms with van der Waals surface area (Å²) in [5.41, 5.74) is 1.49. The molecule has 0 amide bonds. The minimum Gasteiger partial charge on any atom is -0.356 e. The second-order valence-electron chi connectivity index (χ2n) is 5.05. The maximum Gasteiger partial charge on any atom is 0.271 e. The Morgan fingerprint density at radius 1 is 1.50 bits per heavy atom. The predicted molar refractivity (Wildman–Crippen MR) is 76.9 cm³/mol.